The Morgan fingerprint density at radius 1 is 1.50 bits per heavy atom. The normalized spacial score (nSPS) is 10.7. The van der Waals surface area contributed by atoms with Crippen LogP contribution in [0.25, 0.3) is 0 Å². The van der Waals surface area contributed by atoms with Crippen LogP contribution in [-0.2, 0) is 6.54 Å². The zero-order valence-corrected chi connectivity index (χ0v) is 8.88. The van der Waals surface area contributed by atoms with Crippen molar-refractivity contribution in [1.29, 1.82) is 0 Å². The van der Waals surface area contributed by atoms with Gasteiger partial charge in [-0.25, -0.2) is 9.67 Å². The van der Waals surface area contributed by atoms with Gasteiger partial charge in [-0.3, -0.25) is 0 Å². The largest absolute Gasteiger partial charge is 0.381 e. The van der Waals surface area contributed by atoms with Crippen LogP contribution in [0.15, 0.2) is 5.38 Å². The van der Waals surface area contributed by atoms with Crippen LogP contribution in [0.2, 0.25) is 0 Å². The average molecular weight is 209 g/mol. The molecule has 2 aromatic rings. The molecule has 2 N–H and O–H groups in total. The number of hydrogen-bond acceptors (Lipinski definition) is 5. The summed E-state index contributed by atoms with van der Waals surface area (Å²) < 4.78 is 1.75. The maximum atomic E-state index is 5.59. The zero-order chi connectivity index (χ0) is 10.1. The molecule has 0 radical (unpaired) electrons. The number of hydrogen-bond donors (Lipinski definition) is 1. The number of rotatable bonds is 2. The minimum atomic E-state index is 0.483. The highest BCUT2D eigenvalue weighted by Crippen LogP contribution is 2.11. The Morgan fingerprint density at radius 3 is 2.79 bits per heavy atom. The van der Waals surface area contributed by atoms with E-state index < -0.39 is 0 Å². The van der Waals surface area contributed by atoms with Gasteiger partial charge in [-0.1, -0.05) is 5.21 Å². The van der Waals surface area contributed by atoms with Crippen LogP contribution in [0.4, 0.5) is 5.82 Å². The van der Waals surface area contributed by atoms with Gasteiger partial charge in [0.15, 0.2) is 5.82 Å². The van der Waals surface area contributed by atoms with E-state index in [-0.39, 0.29) is 0 Å². The highest BCUT2D eigenvalue weighted by atomic mass is 32.1. The van der Waals surface area contributed by atoms with Gasteiger partial charge >= 0.3 is 0 Å². The topological polar surface area (TPSA) is 69.6 Å². The summed E-state index contributed by atoms with van der Waals surface area (Å²) in [4.78, 5) is 4.35. The fraction of sp³-hybridized carbons (Fsp3) is 0.375. The van der Waals surface area contributed by atoms with E-state index in [0.29, 0.717) is 12.4 Å². The molecular weight excluding hydrogens is 198 g/mol. The van der Waals surface area contributed by atoms with E-state index >= 15 is 0 Å². The summed E-state index contributed by atoms with van der Waals surface area (Å²) >= 11 is 1.63. The average Bonchev–Trinajstić information content (AvgIpc) is 2.67. The molecule has 0 unspecified atom stereocenters. The lowest BCUT2D eigenvalue weighted by molar-refractivity contribution is 0.624. The molecule has 0 amide bonds. The van der Waals surface area contributed by atoms with E-state index in [1.165, 1.54) is 0 Å². The summed E-state index contributed by atoms with van der Waals surface area (Å²) in [6.07, 6.45) is 0. The van der Waals surface area contributed by atoms with Crippen molar-refractivity contribution in [2.24, 2.45) is 0 Å². The number of aryl methyl sites for hydroxylation is 1. The molecule has 0 saturated heterocycles. The number of nitrogens with zero attached hydrogens (tertiary/aromatic N) is 4. The molecule has 0 aliphatic heterocycles. The molecule has 0 aromatic carbocycles. The number of nitrogen functional groups attached to an aromatic ring is 1. The van der Waals surface area contributed by atoms with Crippen LogP contribution < -0.4 is 5.73 Å². The second-order valence-corrected chi connectivity index (χ2v) is 4.14. The number of thiazole rings is 1. The van der Waals surface area contributed by atoms with Crippen LogP contribution in [0, 0.1) is 13.8 Å². The molecule has 0 spiro atoms. The van der Waals surface area contributed by atoms with Crippen molar-refractivity contribution in [2.75, 3.05) is 5.73 Å². The van der Waals surface area contributed by atoms with Crippen LogP contribution in [0.5, 0.6) is 0 Å². The van der Waals surface area contributed by atoms with E-state index in [4.69, 9.17) is 5.73 Å². The third kappa shape index (κ3) is 1.60. The molecule has 0 bridgehead atoms. The molecule has 0 fully saturated rings. The minimum absolute atomic E-state index is 0.483. The summed E-state index contributed by atoms with van der Waals surface area (Å²) in [5, 5.41) is 10.8. The molecule has 0 saturated carbocycles. The summed E-state index contributed by atoms with van der Waals surface area (Å²) in [5.41, 5.74) is 7.47. The smallest absolute Gasteiger partial charge is 0.168 e. The molecule has 2 rings (SSSR count). The van der Waals surface area contributed by atoms with Gasteiger partial charge in [0.2, 0.25) is 0 Å². The van der Waals surface area contributed by atoms with Gasteiger partial charge in [0, 0.05) is 5.38 Å². The fourth-order valence-electron chi connectivity index (χ4n) is 1.16. The fourth-order valence-corrected chi connectivity index (χ4v) is 1.76. The van der Waals surface area contributed by atoms with Crippen LogP contribution in [0.1, 0.15) is 16.4 Å². The molecule has 74 valence electrons. The lowest BCUT2D eigenvalue weighted by atomic mass is 10.4. The molecule has 5 nitrogen and oxygen atoms in total. The van der Waals surface area contributed by atoms with E-state index in [9.17, 15) is 0 Å². The molecule has 0 aliphatic rings. The molecule has 0 aliphatic carbocycles. The van der Waals surface area contributed by atoms with Crippen molar-refractivity contribution in [3.8, 4) is 0 Å². The third-order valence-electron chi connectivity index (χ3n) is 2.00. The first-order chi connectivity index (χ1) is 6.66. The van der Waals surface area contributed by atoms with Crippen molar-refractivity contribution in [3.63, 3.8) is 0 Å². The van der Waals surface area contributed by atoms with Crippen LogP contribution in [0.3, 0.4) is 0 Å². The molecule has 14 heavy (non-hydrogen) atoms. The summed E-state index contributed by atoms with van der Waals surface area (Å²) in [6, 6.07) is 0. The summed E-state index contributed by atoms with van der Waals surface area (Å²) in [6.45, 7) is 4.52. The van der Waals surface area contributed by atoms with E-state index in [2.05, 4.69) is 15.3 Å². The van der Waals surface area contributed by atoms with Crippen LogP contribution in [-0.4, -0.2) is 20.0 Å². The second-order valence-electron chi connectivity index (χ2n) is 3.08. The molecule has 2 aromatic heterocycles. The van der Waals surface area contributed by atoms with Crippen molar-refractivity contribution in [3.05, 3.63) is 21.8 Å². The van der Waals surface area contributed by atoms with Gasteiger partial charge in [-0.05, 0) is 13.8 Å². The van der Waals surface area contributed by atoms with Crippen LogP contribution >= 0.6 is 11.3 Å². The number of nitrogens with two attached hydrogens (primary N) is 1. The quantitative estimate of drug-likeness (QED) is 0.800. The Balaban J connectivity index is 2.22. The van der Waals surface area contributed by atoms with E-state index in [1.807, 2.05) is 19.2 Å². The van der Waals surface area contributed by atoms with Crippen molar-refractivity contribution in [2.45, 2.75) is 20.4 Å². The third-order valence-corrected chi connectivity index (χ3v) is 2.82. The SMILES string of the molecule is Cc1nc(Cn2nnc(N)c2C)cs1. The van der Waals surface area contributed by atoms with Gasteiger partial charge in [0.05, 0.1) is 22.9 Å². The Hall–Kier alpha value is -1.43. The molecule has 2 heterocycles. The lowest BCUT2D eigenvalue weighted by Crippen LogP contribution is -2.04. The summed E-state index contributed by atoms with van der Waals surface area (Å²) in [5.74, 6) is 0.483. The van der Waals surface area contributed by atoms with Gasteiger partial charge in [0.25, 0.3) is 0 Å². The van der Waals surface area contributed by atoms with Crippen molar-refractivity contribution in [1.82, 2.24) is 20.0 Å². The van der Waals surface area contributed by atoms with E-state index in [0.717, 1.165) is 16.4 Å². The predicted molar refractivity (Wildman–Crippen MR) is 55.1 cm³/mol. The highest BCUT2D eigenvalue weighted by molar-refractivity contribution is 7.09. The Labute approximate surface area is 85.6 Å². The predicted octanol–water partition coefficient (Wildman–Crippen LogP) is 0.982. The van der Waals surface area contributed by atoms with E-state index in [1.54, 1.807) is 16.0 Å². The van der Waals surface area contributed by atoms with Crippen molar-refractivity contribution >= 4 is 17.2 Å². The minimum Gasteiger partial charge on any atom is -0.381 e. The second kappa shape index (κ2) is 3.38. The summed E-state index contributed by atoms with van der Waals surface area (Å²) in [7, 11) is 0. The number of anilines is 1. The number of aromatic nitrogens is 4. The van der Waals surface area contributed by atoms with Gasteiger partial charge in [-0.15, -0.1) is 16.4 Å². The first-order valence-electron chi connectivity index (χ1n) is 4.23. The first-order valence-corrected chi connectivity index (χ1v) is 5.11. The zero-order valence-electron chi connectivity index (χ0n) is 8.06. The Bertz CT molecular complexity index is 444. The van der Waals surface area contributed by atoms with Crippen molar-refractivity contribution < 1.29 is 0 Å². The molecular formula is C8H11N5S. The van der Waals surface area contributed by atoms with Gasteiger partial charge in [0.1, 0.15) is 0 Å². The standard InChI is InChI=1S/C8H11N5S/c1-5-8(9)11-12-13(5)3-7-4-14-6(2)10-7/h4H,3,9H2,1-2H3. The Kier molecular flexibility index (Phi) is 2.20. The monoisotopic (exact) mass is 209 g/mol. The maximum absolute atomic E-state index is 5.59. The Morgan fingerprint density at radius 2 is 2.29 bits per heavy atom. The molecule has 0 atom stereocenters. The lowest BCUT2D eigenvalue weighted by Gasteiger charge is -1.98. The van der Waals surface area contributed by atoms with Gasteiger partial charge < -0.3 is 5.73 Å². The first kappa shape index (κ1) is 9.14. The highest BCUT2D eigenvalue weighted by Gasteiger charge is 2.06. The van der Waals surface area contributed by atoms with Gasteiger partial charge in [-0.2, -0.15) is 0 Å². The maximum Gasteiger partial charge on any atom is 0.168 e. The molecule has 6 heteroatoms.